The second-order valence-corrected chi connectivity index (χ2v) is 5.52. The summed E-state index contributed by atoms with van der Waals surface area (Å²) < 4.78 is 41.8. The Balaban J connectivity index is 2.08. The predicted octanol–water partition coefficient (Wildman–Crippen LogP) is 3.22. The average Bonchev–Trinajstić information content (AvgIpc) is 2.65. The van der Waals surface area contributed by atoms with Gasteiger partial charge in [0, 0.05) is 17.5 Å². The molecule has 2 aromatic carbocycles. The molecule has 0 bridgehead atoms. The van der Waals surface area contributed by atoms with Gasteiger partial charge in [0.05, 0.1) is 17.9 Å². The largest absolute Gasteiger partial charge is 0.494 e. The number of hydrogen-bond acceptors (Lipinski definition) is 5. The van der Waals surface area contributed by atoms with Gasteiger partial charge in [-0.2, -0.15) is 0 Å². The number of anilines is 1. The fourth-order valence-corrected chi connectivity index (χ4v) is 2.59. The normalized spacial score (nSPS) is 14.3. The van der Waals surface area contributed by atoms with Crippen LogP contribution in [0.15, 0.2) is 60.1 Å². The number of carbonyl (C=O) groups is 1. The van der Waals surface area contributed by atoms with Crippen molar-refractivity contribution in [2.45, 2.75) is 6.92 Å². The topological polar surface area (TPSA) is 82.6 Å². The van der Waals surface area contributed by atoms with Crippen molar-refractivity contribution >= 4 is 17.2 Å². The van der Waals surface area contributed by atoms with Gasteiger partial charge in [0.1, 0.15) is 17.4 Å². The Morgan fingerprint density at radius 2 is 1.89 bits per heavy atom. The number of carboxylic acids is 1. The van der Waals surface area contributed by atoms with Gasteiger partial charge in [-0.15, -0.1) is 0 Å². The minimum atomic E-state index is -1.40. The first-order valence-electron chi connectivity index (χ1n) is 8.54. The molecule has 4 N–H and O–H groups in total. The van der Waals surface area contributed by atoms with Crippen LogP contribution in [0.4, 0.5) is 14.5 Å². The van der Waals surface area contributed by atoms with E-state index in [1.165, 1.54) is 6.07 Å². The van der Waals surface area contributed by atoms with E-state index in [9.17, 15) is 18.7 Å². The SMILES string of the molecule is [2H]N1C=C(c2c(F)cccc2F)C(Nc2ccc(OCC)cc2)=C(C(=O)O)N1. The first-order valence-corrected chi connectivity index (χ1v) is 8.09. The predicted molar refractivity (Wildman–Crippen MR) is 96.5 cm³/mol. The summed E-state index contributed by atoms with van der Waals surface area (Å²) in [7, 11) is 0. The van der Waals surface area contributed by atoms with Gasteiger partial charge in [-0.25, -0.2) is 13.6 Å². The van der Waals surface area contributed by atoms with Crippen molar-refractivity contribution in [2.24, 2.45) is 0 Å². The Labute approximate surface area is 155 Å². The van der Waals surface area contributed by atoms with Crippen molar-refractivity contribution in [3.63, 3.8) is 0 Å². The van der Waals surface area contributed by atoms with Crippen LogP contribution in [0.25, 0.3) is 5.57 Å². The van der Waals surface area contributed by atoms with Crippen LogP contribution in [0.5, 0.6) is 5.75 Å². The minimum Gasteiger partial charge on any atom is -0.494 e. The summed E-state index contributed by atoms with van der Waals surface area (Å²) in [5, 5.41) is 12.4. The highest BCUT2D eigenvalue weighted by Crippen LogP contribution is 2.31. The summed E-state index contributed by atoms with van der Waals surface area (Å²) in [6.45, 7) is 2.33. The highest BCUT2D eigenvalue weighted by Gasteiger charge is 2.26. The maximum atomic E-state index is 14.3. The van der Waals surface area contributed by atoms with Crippen LogP contribution >= 0.6 is 0 Å². The second-order valence-electron chi connectivity index (χ2n) is 5.52. The van der Waals surface area contributed by atoms with E-state index in [-0.39, 0.29) is 11.3 Å². The van der Waals surface area contributed by atoms with Crippen molar-refractivity contribution in [3.05, 3.63) is 77.3 Å². The van der Waals surface area contributed by atoms with E-state index in [4.69, 9.17) is 6.15 Å². The maximum absolute atomic E-state index is 14.3. The van der Waals surface area contributed by atoms with Gasteiger partial charge in [-0.3, -0.25) is 5.43 Å². The third-order valence-electron chi connectivity index (χ3n) is 3.77. The van der Waals surface area contributed by atoms with Crippen LogP contribution in [-0.2, 0) is 4.79 Å². The van der Waals surface area contributed by atoms with E-state index >= 15 is 0 Å². The molecule has 1 aliphatic heterocycles. The zero-order valence-electron chi connectivity index (χ0n) is 15.3. The van der Waals surface area contributed by atoms with Gasteiger partial charge in [0.25, 0.3) is 0 Å². The molecule has 2 aromatic rings. The van der Waals surface area contributed by atoms with E-state index in [1.807, 2.05) is 6.92 Å². The van der Waals surface area contributed by atoms with E-state index in [0.717, 1.165) is 18.3 Å². The minimum absolute atomic E-state index is 0.0795. The number of ether oxygens (including phenoxy) is 1. The van der Waals surface area contributed by atoms with E-state index in [2.05, 4.69) is 10.7 Å². The molecule has 1 aliphatic rings. The van der Waals surface area contributed by atoms with Gasteiger partial charge in [0.15, 0.2) is 7.11 Å². The quantitative estimate of drug-likeness (QED) is 0.622. The van der Waals surface area contributed by atoms with Crippen LogP contribution in [0.1, 0.15) is 12.5 Å². The Kier molecular flexibility index (Phi) is 4.86. The number of hydrogen-bond donors (Lipinski definition) is 4. The average molecular weight is 374 g/mol. The van der Waals surface area contributed by atoms with Gasteiger partial charge in [0.2, 0.25) is 0 Å². The number of rotatable bonds is 6. The first-order chi connectivity index (χ1) is 13.4. The molecule has 6 nitrogen and oxygen atoms in total. The molecule has 3 rings (SSSR count). The third-order valence-corrected chi connectivity index (χ3v) is 3.77. The monoisotopic (exact) mass is 374 g/mol. The Morgan fingerprint density at radius 3 is 2.48 bits per heavy atom. The smallest absolute Gasteiger partial charge is 0.355 e. The lowest BCUT2D eigenvalue weighted by Crippen LogP contribution is -2.36. The summed E-state index contributed by atoms with van der Waals surface area (Å²) in [5.41, 5.74) is 2.32. The highest BCUT2D eigenvalue weighted by atomic mass is 19.1. The first kappa shape index (κ1) is 16.9. The van der Waals surface area contributed by atoms with E-state index < -0.39 is 28.9 Å². The van der Waals surface area contributed by atoms with Crippen LogP contribution in [0.3, 0.4) is 0 Å². The van der Waals surface area contributed by atoms with Crippen LogP contribution in [0, 0.1) is 11.6 Å². The Bertz CT molecular complexity index is 941. The highest BCUT2D eigenvalue weighted by molar-refractivity contribution is 5.96. The molecular weight excluding hydrogens is 356 g/mol. The Morgan fingerprint density at radius 1 is 1.22 bits per heavy atom. The molecule has 27 heavy (non-hydrogen) atoms. The molecule has 0 spiro atoms. The lowest BCUT2D eigenvalue weighted by Gasteiger charge is -2.24. The van der Waals surface area contributed by atoms with Gasteiger partial charge < -0.3 is 20.6 Å². The van der Waals surface area contributed by atoms with Crippen molar-refractivity contribution in [1.82, 2.24) is 10.8 Å². The fourth-order valence-electron chi connectivity index (χ4n) is 2.59. The zero-order valence-corrected chi connectivity index (χ0v) is 14.3. The summed E-state index contributed by atoms with van der Waals surface area (Å²) in [4.78, 5) is 11.7. The molecule has 0 saturated carbocycles. The number of allylic oxidation sites excluding steroid dienone is 1. The van der Waals surface area contributed by atoms with E-state index in [1.54, 1.807) is 24.3 Å². The Hall–Kier alpha value is -3.55. The number of benzene rings is 2. The molecular formula is C19H17F2N3O3. The standard InChI is InChI=1S/C19H17F2N3O3/c1-2-27-12-8-6-11(7-9-12)23-17-13(10-22-24-18(17)19(25)26)16-14(20)4-3-5-15(16)21/h3-10,22-24H,2H2,1H3,(H,25,26)/i/hD. The molecule has 0 saturated heterocycles. The zero-order chi connectivity index (χ0) is 20.3. The van der Waals surface area contributed by atoms with Crippen LogP contribution in [-0.4, -0.2) is 17.7 Å². The number of nitrogens with one attached hydrogen (secondary N) is 3. The second kappa shape index (κ2) is 7.77. The molecule has 0 aromatic heterocycles. The number of carboxylic acid groups (broad SMARTS) is 1. The molecule has 1 heterocycles. The van der Waals surface area contributed by atoms with Crippen molar-refractivity contribution in [2.75, 3.05) is 11.9 Å². The molecule has 0 atom stereocenters. The van der Waals surface area contributed by atoms with Crippen LogP contribution < -0.4 is 20.9 Å². The number of hydrazine groups is 1. The van der Waals surface area contributed by atoms with Gasteiger partial charge in [-0.05, 0) is 43.3 Å². The molecule has 0 aliphatic carbocycles. The third kappa shape index (κ3) is 3.84. The van der Waals surface area contributed by atoms with Gasteiger partial charge in [-0.1, -0.05) is 6.07 Å². The summed E-state index contributed by atoms with van der Waals surface area (Å²) in [6, 6.07) is 9.95. The summed E-state index contributed by atoms with van der Waals surface area (Å²) >= 11 is 0. The van der Waals surface area contributed by atoms with Crippen LogP contribution in [0.2, 0.25) is 1.41 Å². The molecule has 0 amide bonds. The lowest BCUT2D eigenvalue weighted by molar-refractivity contribution is -0.133. The molecule has 8 heteroatoms. The molecule has 0 fully saturated rings. The molecule has 140 valence electrons. The maximum Gasteiger partial charge on any atom is 0.355 e. The van der Waals surface area contributed by atoms with Crippen molar-refractivity contribution in [1.29, 1.82) is 0 Å². The number of aliphatic carboxylic acids is 1. The van der Waals surface area contributed by atoms with E-state index in [0.29, 0.717) is 23.5 Å². The fraction of sp³-hybridized carbons (Fsp3) is 0.105. The number of halogens is 2. The summed E-state index contributed by atoms with van der Waals surface area (Å²) in [5.74, 6) is -2.53. The van der Waals surface area contributed by atoms with Crippen molar-refractivity contribution in [3.8, 4) is 5.75 Å². The lowest BCUT2D eigenvalue weighted by atomic mass is 9.99. The summed E-state index contributed by atoms with van der Waals surface area (Å²) in [6.07, 6.45) is 1.09. The van der Waals surface area contributed by atoms with Gasteiger partial charge >= 0.3 is 5.97 Å². The van der Waals surface area contributed by atoms with Crippen molar-refractivity contribution < 1.29 is 24.8 Å². The molecule has 0 radical (unpaired) electrons. The molecule has 0 unspecified atom stereocenters.